The van der Waals surface area contributed by atoms with E-state index in [1.54, 1.807) is 0 Å². The first-order chi connectivity index (χ1) is 6.85. The molecule has 0 bridgehead atoms. The van der Waals surface area contributed by atoms with Crippen molar-refractivity contribution in [3.8, 4) is 0 Å². The predicted octanol–water partition coefficient (Wildman–Crippen LogP) is -1.23. The maximum Gasteiger partial charge on any atom is 0.342 e. The lowest BCUT2D eigenvalue weighted by molar-refractivity contribution is -0.223. The van der Waals surface area contributed by atoms with Crippen molar-refractivity contribution in [3.05, 3.63) is 0 Å². The number of aliphatic hydroxyl groups is 1. The molecule has 1 amide bonds. The number of rotatable bonds is 2. The van der Waals surface area contributed by atoms with E-state index < -0.39 is 29.3 Å². The standard InChI is InChI=1S/C8H11NO6/c1-4(10)8(7(13)14)5(11)2-3-6(12)9(8)15/h4,10,15H,2-3H2,1H3,(H,13,14)/t4-,8-/m1/s1. The molecule has 15 heavy (non-hydrogen) atoms. The van der Waals surface area contributed by atoms with Gasteiger partial charge in [-0.3, -0.25) is 14.8 Å². The molecule has 0 spiro atoms. The number of nitrogens with zero attached hydrogens (tertiary/aromatic N) is 1. The van der Waals surface area contributed by atoms with Gasteiger partial charge in [0.2, 0.25) is 11.4 Å². The van der Waals surface area contributed by atoms with Crippen molar-refractivity contribution in [1.82, 2.24) is 5.06 Å². The van der Waals surface area contributed by atoms with E-state index in [0.717, 1.165) is 6.92 Å². The quantitative estimate of drug-likeness (QED) is 0.394. The van der Waals surface area contributed by atoms with Gasteiger partial charge in [0.25, 0.3) is 0 Å². The summed E-state index contributed by atoms with van der Waals surface area (Å²) < 4.78 is 0. The molecule has 2 atom stereocenters. The van der Waals surface area contributed by atoms with Crippen LogP contribution in [-0.4, -0.2) is 49.8 Å². The second-order valence-electron chi connectivity index (χ2n) is 3.38. The Kier molecular flexibility index (Phi) is 2.78. The molecule has 0 unspecified atom stereocenters. The number of hydrogen-bond donors (Lipinski definition) is 3. The van der Waals surface area contributed by atoms with Gasteiger partial charge in [-0.25, -0.2) is 4.79 Å². The summed E-state index contributed by atoms with van der Waals surface area (Å²) in [5, 5.41) is 27.3. The number of piperidine rings is 1. The van der Waals surface area contributed by atoms with Crippen LogP contribution in [0, 0.1) is 0 Å². The number of carbonyl (C=O) groups is 3. The van der Waals surface area contributed by atoms with Crippen molar-refractivity contribution in [1.29, 1.82) is 0 Å². The molecule has 7 heteroatoms. The minimum atomic E-state index is -2.56. The van der Waals surface area contributed by atoms with Crippen molar-refractivity contribution in [2.45, 2.75) is 31.4 Å². The third kappa shape index (κ3) is 1.40. The summed E-state index contributed by atoms with van der Waals surface area (Å²) in [7, 11) is 0. The molecule has 1 fully saturated rings. The van der Waals surface area contributed by atoms with Gasteiger partial charge >= 0.3 is 5.97 Å². The van der Waals surface area contributed by atoms with Gasteiger partial charge in [0.15, 0.2) is 5.78 Å². The lowest BCUT2D eigenvalue weighted by atomic mass is 9.82. The van der Waals surface area contributed by atoms with E-state index in [-0.39, 0.29) is 17.9 Å². The highest BCUT2D eigenvalue weighted by Gasteiger charge is 2.59. The average molecular weight is 217 g/mol. The third-order valence-corrected chi connectivity index (χ3v) is 2.49. The van der Waals surface area contributed by atoms with Crippen LogP contribution in [0.4, 0.5) is 0 Å². The minimum Gasteiger partial charge on any atom is -0.479 e. The first kappa shape index (κ1) is 11.6. The van der Waals surface area contributed by atoms with E-state index in [1.165, 1.54) is 0 Å². The normalized spacial score (nSPS) is 29.1. The van der Waals surface area contributed by atoms with Gasteiger partial charge < -0.3 is 10.2 Å². The van der Waals surface area contributed by atoms with Gasteiger partial charge in [0, 0.05) is 12.8 Å². The Morgan fingerprint density at radius 2 is 2.00 bits per heavy atom. The highest BCUT2D eigenvalue weighted by molar-refractivity contribution is 6.13. The molecule has 3 N–H and O–H groups in total. The molecular weight excluding hydrogens is 206 g/mol. The fourth-order valence-electron chi connectivity index (χ4n) is 1.63. The zero-order valence-corrected chi connectivity index (χ0v) is 8.01. The fourth-order valence-corrected chi connectivity index (χ4v) is 1.63. The smallest absolute Gasteiger partial charge is 0.342 e. The second-order valence-corrected chi connectivity index (χ2v) is 3.38. The summed E-state index contributed by atoms with van der Waals surface area (Å²) in [5.41, 5.74) is -2.56. The molecule has 1 rings (SSSR count). The van der Waals surface area contributed by atoms with Crippen LogP contribution >= 0.6 is 0 Å². The molecule has 0 aromatic rings. The van der Waals surface area contributed by atoms with Crippen molar-refractivity contribution in [2.75, 3.05) is 0 Å². The van der Waals surface area contributed by atoms with Gasteiger partial charge in [-0.05, 0) is 6.92 Å². The Balaban J connectivity index is 3.28. The number of aliphatic hydroxyl groups excluding tert-OH is 1. The summed E-state index contributed by atoms with van der Waals surface area (Å²) in [4.78, 5) is 33.5. The first-order valence-electron chi connectivity index (χ1n) is 4.31. The molecule has 0 aromatic carbocycles. The van der Waals surface area contributed by atoms with Gasteiger partial charge in [0.1, 0.15) is 0 Å². The van der Waals surface area contributed by atoms with Crippen molar-refractivity contribution in [3.63, 3.8) is 0 Å². The molecule has 1 heterocycles. The minimum absolute atomic E-state index is 0.175. The molecule has 1 aliphatic rings. The Morgan fingerprint density at radius 3 is 2.33 bits per heavy atom. The van der Waals surface area contributed by atoms with E-state index in [9.17, 15) is 24.7 Å². The predicted molar refractivity (Wildman–Crippen MR) is 44.9 cm³/mol. The summed E-state index contributed by atoms with van der Waals surface area (Å²) in [6, 6.07) is 0. The van der Waals surface area contributed by atoms with Crippen LogP contribution in [0.1, 0.15) is 19.8 Å². The zero-order valence-electron chi connectivity index (χ0n) is 8.01. The fraction of sp³-hybridized carbons (Fsp3) is 0.625. The largest absolute Gasteiger partial charge is 0.479 e. The van der Waals surface area contributed by atoms with E-state index >= 15 is 0 Å². The van der Waals surface area contributed by atoms with Gasteiger partial charge in [-0.15, -0.1) is 0 Å². The average Bonchev–Trinajstić information content (AvgIpc) is 2.11. The van der Waals surface area contributed by atoms with Gasteiger partial charge in [0.05, 0.1) is 6.10 Å². The maximum absolute atomic E-state index is 11.5. The Bertz CT molecular complexity index is 325. The van der Waals surface area contributed by atoms with Crippen LogP contribution in [-0.2, 0) is 14.4 Å². The number of carboxylic acid groups (broad SMARTS) is 1. The molecule has 7 nitrogen and oxygen atoms in total. The molecule has 0 aliphatic carbocycles. The van der Waals surface area contributed by atoms with E-state index in [2.05, 4.69) is 0 Å². The summed E-state index contributed by atoms with van der Waals surface area (Å²) in [5.74, 6) is -3.51. The Labute approximate surface area is 84.9 Å². The van der Waals surface area contributed by atoms with Crippen molar-refractivity contribution >= 4 is 17.7 Å². The number of hydrogen-bond acceptors (Lipinski definition) is 5. The van der Waals surface area contributed by atoms with Gasteiger partial charge in [-0.2, -0.15) is 5.06 Å². The van der Waals surface area contributed by atoms with E-state index in [1.807, 2.05) is 0 Å². The van der Waals surface area contributed by atoms with Crippen LogP contribution in [0.25, 0.3) is 0 Å². The molecular formula is C8H11NO6. The Hall–Kier alpha value is -1.47. The van der Waals surface area contributed by atoms with Crippen LogP contribution in [0.2, 0.25) is 0 Å². The van der Waals surface area contributed by atoms with Crippen molar-refractivity contribution < 1.29 is 29.8 Å². The number of Topliss-reactive ketones (excluding diaryl/α,β-unsaturated/α-hetero) is 1. The number of hydroxylamine groups is 2. The highest BCUT2D eigenvalue weighted by Crippen LogP contribution is 2.28. The molecule has 0 aromatic heterocycles. The number of carbonyl (C=O) groups excluding carboxylic acids is 2. The first-order valence-corrected chi connectivity index (χ1v) is 4.31. The van der Waals surface area contributed by atoms with Crippen LogP contribution < -0.4 is 0 Å². The summed E-state index contributed by atoms with van der Waals surface area (Å²) in [6.07, 6.45) is -2.23. The summed E-state index contributed by atoms with van der Waals surface area (Å²) in [6.45, 7) is 1.04. The topological polar surface area (TPSA) is 115 Å². The monoisotopic (exact) mass is 217 g/mol. The zero-order chi connectivity index (χ0) is 11.8. The van der Waals surface area contributed by atoms with E-state index in [4.69, 9.17) is 5.11 Å². The van der Waals surface area contributed by atoms with Crippen LogP contribution in [0.5, 0.6) is 0 Å². The Morgan fingerprint density at radius 1 is 1.47 bits per heavy atom. The molecule has 1 saturated heterocycles. The molecule has 0 radical (unpaired) electrons. The molecule has 1 aliphatic heterocycles. The maximum atomic E-state index is 11.5. The highest BCUT2D eigenvalue weighted by atomic mass is 16.5. The molecule has 0 saturated carbocycles. The number of aliphatic carboxylic acids is 1. The van der Waals surface area contributed by atoms with Crippen LogP contribution in [0.3, 0.4) is 0 Å². The number of ketones is 1. The van der Waals surface area contributed by atoms with Crippen LogP contribution in [0.15, 0.2) is 0 Å². The summed E-state index contributed by atoms with van der Waals surface area (Å²) >= 11 is 0. The van der Waals surface area contributed by atoms with Gasteiger partial charge in [-0.1, -0.05) is 0 Å². The van der Waals surface area contributed by atoms with E-state index in [0.29, 0.717) is 0 Å². The number of amides is 1. The third-order valence-electron chi connectivity index (χ3n) is 2.49. The number of carboxylic acids is 1. The lowest BCUT2D eigenvalue weighted by Crippen LogP contribution is -2.68. The second kappa shape index (κ2) is 3.59. The van der Waals surface area contributed by atoms with Crippen molar-refractivity contribution in [2.24, 2.45) is 0 Å². The SMILES string of the molecule is C[C@@H](O)[C@]1(C(=O)O)C(=O)CCC(=O)N1O. The lowest BCUT2D eigenvalue weighted by Gasteiger charge is -2.39. The molecule has 84 valence electrons.